The molecule has 0 unspecified atom stereocenters. The number of H-pyrrole nitrogens is 1. The standard InChI is InChI=1S/C22H16N6O2.C8H17N.C2H6/c1-13-2-4-14(5-3-13)20-25-18-11-8-16(12-19(18)26-20)21(29)24-17-9-6-15(7-10-17)22(30)27-28-23;1-7-3-5-8(9-2)6-4-7;1-2/h2-12H,1H3,(H,24,29)(H,25,26);7-9H,3-6H2,1-2H3;1-2H3. The maximum atomic E-state index is 12.6. The summed E-state index contributed by atoms with van der Waals surface area (Å²) in [4.78, 5) is 34.5. The molecule has 2 amide bonds. The Balaban J connectivity index is 0.000000355. The van der Waals surface area contributed by atoms with E-state index in [2.05, 4.69) is 44.6 Å². The fourth-order valence-electron chi connectivity index (χ4n) is 4.55. The van der Waals surface area contributed by atoms with Crippen LogP contribution in [0.5, 0.6) is 0 Å². The molecule has 1 heterocycles. The predicted molar refractivity (Wildman–Crippen MR) is 166 cm³/mol. The lowest BCUT2D eigenvalue weighted by Gasteiger charge is -2.25. The highest BCUT2D eigenvalue weighted by atomic mass is 16.2. The summed E-state index contributed by atoms with van der Waals surface area (Å²) < 4.78 is 0. The van der Waals surface area contributed by atoms with Crippen molar-refractivity contribution in [2.75, 3.05) is 12.4 Å². The summed E-state index contributed by atoms with van der Waals surface area (Å²) in [6, 6.07) is 20.2. The second-order valence-corrected chi connectivity index (χ2v) is 9.95. The number of benzene rings is 3. The summed E-state index contributed by atoms with van der Waals surface area (Å²) in [6.45, 7) is 8.38. The summed E-state index contributed by atoms with van der Waals surface area (Å²) in [5, 5.41) is 9.14. The van der Waals surface area contributed by atoms with E-state index in [4.69, 9.17) is 5.53 Å². The van der Waals surface area contributed by atoms with Gasteiger partial charge in [-0.1, -0.05) is 50.6 Å². The highest BCUT2D eigenvalue weighted by Crippen LogP contribution is 2.23. The molecule has 1 fully saturated rings. The number of hydrogen-bond acceptors (Lipinski definition) is 4. The van der Waals surface area contributed by atoms with Crippen molar-refractivity contribution < 1.29 is 9.59 Å². The van der Waals surface area contributed by atoms with Crippen molar-refractivity contribution in [3.05, 3.63) is 93.9 Å². The lowest BCUT2D eigenvalue weighted by atomic mass is 9.87. The molecule has 9 nitrogen and oxygen atoms in total. The van der Waals surface area contributed by atoms with E-state index >= 15 is 0 Å². The van der Waals surface area contributed by atoms with Gasteiger partial charge in [-0.15, -0.1) is 0 Å². The normalized spacial score (nSPS) is 15.8. The summed E-state index contributed by atoms with van der Waals surface area (Å²) in [5.41, 5.74) is 13.2. The molecule has 4 aromatic rings. The van der Waals surface area contributed by atoms with Crippen molar-refractivity contribution >= 4 is 28.5 Å². The average molecular weight is 554 g/mol. The molecule has 1 aliphatic rings. The summed E-state index contributed by atoms with van der Waals surface area (Å²) in [6.07, 6.45) is 5.62. The number of anilines is 1. The largest absolute Gasteiger partial charge is 0.338 e. The van der Waals surface area contributed by atoms with Gasteiger partial charge < -0.3 is 15.6 Å². The van der Waals surface area contributed by atoms with Gasteiger partial charge >= 0.3 is 0 Å². The van der Waals surface area contributed by atoms with Crippen molar-refractivity contribution in [3.63, 3.8) is 0 Å². The number of azide groups is 1. The second kappa shape index (κ2) is 15.4. The van der Waals surface area contributed by atoms with Gasteiger partial charge in [-0.25, -0.2) is 4.98 Å². The molecule has 214 valence electrons. The third kappa shape index (κ3) is 8.76. The van der Waals surface area contributed by atoms with Crippen LogP contribution in [0.2, 0.25) is 0 Å². The molecule has 0 atom stereocenters. The Bertz CT molecular complexity index is 1480. The Hall–Kier alpha value is -4.46. The number of carbonyl (C=O) groups excluding carboxylic acids is 2. The van der Waals surface area contributed by atoms with Gasteiger partial charge in [0, 0.05) is 33.3 Å². The van der Waals surface area contributed by atoms with Gasteiger partial charge in [0.2, 0.25) is 5.91 Å². The molecule has 5 rings (SSSR count). The molecule has 0 radical (unpaired) electrons. The zero-order valence-electron chi connectivity index (χ0n) is 24.4. The van der Waals surface area contributed by atoms with Crippen LogP contribution in [0.1, 0.15) is 72.7 Å². The fraction of sp³-hybridized carbons (Fsp3) is 0.344. The van der Waals surface area contributed by atoms with E-state index in [1.165, 1.54) is 43.4 Å². The molecule has 1 saturated carbocycles. The average Bonchev–Trinajstić information content (AvgIpc) is 3.43. The van der Waals surface area contributed by atoms with E-state index in [-0.39, 0.29) is 11.5 Å². The molecule has 0 saturated heterocycles. The number of aryl methyl sites for hydroxylation is 1. The summed E-state index contributed by atoms with van der Waals surface area (Å²) >= 11 is 0. The monoisotopic (exact) mass is 553 g/mol. The van der Waals surface area contributed by atoms with E-state index in [9.17, 15) is 9.59 Å². The smallest absolute Gasteiger partial charge is 0.255 e. The van der Waals surface area contributed by atoms with Crippen LogP contribution >= 0.6 is 0 Å². The topological polar surface area (TPSA) is 136 Å². The van der Waals surface area contributed by atoms with Crippen LogP contribution in [0.25, 0.3) is 32.9 Å². The molecular weight excluding hydrogens is 514 g/mol. The molecule has 3 N–H and O–H groups in total. The minimum Gasteiger partial charge on any atom is -0.338 e. The van der Waals surface area contributed by atoms with Crippen molar-refractivity contribution in [1.29, 1.82) is 0 Å². The Morgan fingerprint density at radius 2 is 1.59 bits per heavy atom. The third-order valence-electron chi connectivity index (χ3n) is 7.02. The van der Waals surface area contributed by atoms with Crippen molar-refractivity contribution in [1.82, 2.24) is 15.3 Å². The van der Waals surface area contributed by atoms with Crippen LogP contribution in [0.4, 0.5) is 5.69 Å². The zero-order valence-corrected chi connectivity index (χ0v) is 24.4. The van der Waals surface area contributed by atoms with Crippen LogP contribution in [0, 0.1) is 12.8 Å². The Kier molecular flexibility index (Phi) is 11.6. The van der Waals surface area contributed by atoms with Gasteiger partial charge in [0.1, 0.15) is 5.82 Å². The number of imidazole rings is 1. The van der Waals surface area contributed by atoms with E-state index in [0.29, 0.717) is 11.3 Å². The fourth-order valence-corrected chi connectivity index (χ4v) is 4.55. The van der Waals surface area contributed by atoms with E-state index in [1.807, 2.05) is 45.0 Å². The number of rotatable bonds is 5. The highest BCUT2D eigenvalue weighted by molar-refractivity contribution is 6.06. The lowest BCUT2D eigenvalue weighted by Crippen LogP contribution is -2.29. The first-order valence-electron chi connectivity index (χ1n) is 14.1. The number of hydrogen-bond donors (Lipinski definition) is 3. The summed E-state index contributed by atoms with van der Waals surface area (Å²) in [5.74, 6) is 0.749. The Morgan fingerprint density at radius 3 is 2.20 bits per heavy atom. The molecular formula is C32H39N7O2. The summed E-state index contributed by atoms with van der Waals surface area (Å²) in [7, 11) is 2.07. The molecule has 1 aliphatic carbocycles. The van der Waals surface area contributed by atoms with Crippen molar-refractivity contribution in [3.8, 4) is 11.4 Å². The number of aromatic nitrogens is 2. The molecule has 41 heavy (non-hydrogen) atoms. The van der Waals surface area contributed by atoms with E-state index in [1.54, 1.807) is 30.3 Å². The maximum Gasteiger partial charge on any atom is 0.255 e. The molecule has 1 aromatic heterocycles. The number of nitrogens with one attached hydrogen (secondary N) is 3. The Morgan fingerprint density at radius 1 is 0.951 bits per heavy atom. The van der Waals surface area contributed by atoms with Gasteiger partial charge in [-0.3, -0.25) is 9.59 Å². The van der Waals surface area contributed by atoms with Crippen LogP contribution in [0.15, 0.2) is 71.8 Å². The van der Waals surface area contributed by atoms with E-state index < -0.39 is 5.91 Å². The zero-order chi connectivity index (χ0) is 29.8. The molecule has 0 spiro atoms. The first-order valence-corrected chi connectivity index (χ1v) is 14.1. The highest BCUT2D eigenvalue weighted by Gasteiger charge is 2.15. The van der Waals surface area contributed by atoms with Crippen molar-refractivity contribution in [2.24, 2.45) is 11.0 Å². The molecule has 0 aliphatic heterocycles. The number of nitrogens with zero attached hydrogens (tertiary/aromatic N) is 4. The van der Waals surface area contributed by atoms with Crippen molar-refractivity contribution in [2.45, 2.75) is 59.4 Å². The molecule has 9 heteroatoms. The Labute approximate surface area is 241 Å². The molecule has 3 aromatic carbocycles. The number of carbonyl (C=O) groups is 2. The predicted octanol–water partition coefficient (Wildman–Crippen LogP) is 8.05. The number of amides is 2. The quantitative estimate of drug-likeness (QED) is 0.131. The van der Waals surface area contributed by atoms with Gasteiger partial charge in [-0.05, 0) is 98.7 Å². The SMILES string of the molecule is CC.CNC1CCC(C)CC1.Cc1ccc(-c2nc3ccc(C(=O)Nc4ccc(C(=O)N=[N+]=[N-])cc4)cc3[nH]2)cc1. The number of fused-ring (bicyclic) bond motifs is 1. The molecule has 0 bridgehead atoms. The van der Waals surface area contributed by atoms with Gasteiger partial charge in [0.25, 0.3) is 5.91 Å². The lowest BCUT2D eigenvalue weighted by molar-refractivity contribution is 0.0998. The van der Waals surface area contributed by atoms with E-state index in [0.717, 1.165) is 34.4 Å². The maximum absolute atomic E-state index is 12.6. The van der Waals surface area contributed by atoms with Crippen LogP contribution < -0.4 is 10.6 Å². The first-order chi connectivity index (χ1) is 19.9. The minimum absolute atomic E-state index is 0.244. The van der Waals surface area contributed by atoms with Gasteiger partial charge in [-0.2, -0.15) is 0 Å². The number of aromatic amines is 1. The van der Waals surface area contributed by atoms with Gasteiger partial charge in [0.15, 0.2) is 0 Å². The third-order valence-corrected chi connectivity index (χ3v) is 7.02. The second-order valence-electron chi connectivity index (χ2n) is 9.95. The van der Waals surface area contributed by atoms with Crippen LogP contribution in [0.3, 0.4) is 0 Å². The van der Waals surface area contributed by atoms with Gasteiger partial charge in [0.05, 0.1) is 11.0 Å². The van der Waals surface area contributed by atoms with Crippen LogP contribution in [-0.4, -0.2) is 34.9 Å². The minimum atomic E-state index is -0.676. The van der Waals surface area contributed by atoms with Crippen LogP contribution in [-0.2, 0) is 0 Å². The first kappa shape index (κ1) is 31.1.